The predicted molar refractivity (Wildman–Crippen MR) is 126 cm³/mol. The lowest BCUT2D eigenvalue weighted by Crippen LogP contribution is -2.31. The number of aromatic nitrogens is 1. The number of hydrogen-bond acceptors (Lipinski definition) is 5. The molecule has 1 amide bonds. The predicted octanol–water partition coefficient (Wildman–Crippen LogP) is 4.21. The smallest absolute Gasteiger partial charge is 0.244 e. The maximum Gasteiger partial charge on any atom is 0.244 e. The highest BCUT2D eigenvalue weighted by atomic mass is 32.2. The molecule has 0 unspecified atom stereocenters. The van der Waals surface area contributed by atoms with Crippen molar-refractivity contribution in [3.8, 4) is 0 Å². The van der Waals surface area contributed by atoms with E-state index in [2.05, 4.69) is 4.98 Å². The molecule has 2 N–H and O–H groups in total. The molecule has 0 bridgehead atoms. The first kappa shape index (κ1) is 26.6. The minimum Gasteiger partial charge on any atom is -0.366 e. The first-order valence-electron chi connectivity index (χ1n) is 11.0. The van der Waals surface area contributed by atoms with E-state index in [1.165, 1.54) is 12.1 Å². The van der Waals surface area contributed by atoms with Crippen LogP contribution in [0.3, 0.4) is 0 Å². The summed E-state index contributed by atoms with van der Waals surface area (Å²) in [5, 5.41) is 0. The van der Waals surface area contributed by atoms with Gasteiger partial charge in [0, 0.05) is 24.5 Å². The minimum absolute atomic E-state index is 0.0576. The van der Waals surface area contributed by atoms with Gasteiger partial charge in [0.25, 0.3) is 0 Å². The molecule has 2 aromatic rings. The van der Waals surface area contributed by atoms with E-state index in [0.29, 0.717) is 24.0 Å². The van der Waals surface area contributed by atoms with Crippen LogP contribution in [0.25, 0.3) is 6.08 Å². The summed E-state index contributed by atoms with van der Waals surface area (Å²) in [6.07, 6.45) is 12.1. The number of hydroxylamine groups is 1. The maximum atomic E-state index is 13.0. The van der Waals surface area contributed by atoms with Gasteiger partial charge < -0.3 is 5.73 Å². The van der Waals surface area contributed by atoms with Crippen LogP contribution in [0.2, 0.25) is 0 Å². The molecule has 0 spiro atoms. The van der Waals surface area contributed by atoms with Crippen molar-refractivity contribution in [2.45, 2.75) is 51.6 Å². The Kier molecular flexibility index (Phi) is 11.2. The first-order valence-corrected chi connectivity index (χ1v) is 12.9. The highest BCUT2D eigenvalue weighted by Gasteiger charge is 2.17. The van der Waals surface area contributed by atoms with Crippen LogP contribution in [0.4, 0.5) is 4.39 Å². The molecule has 1 aromatic carbocycles. The van der Waals surface area contributed by atoms with E-state index < -0.39 is 15.9 Å². The van der Waals surface area contributed by atoms with Crippen LogP contribution in [0, 0.1) is 5.82 Å². The van der Waals surface area contributed by atoms with Crippen LogP contribution in [0.1, 0.15) is 56.1 Å². The zero-order chi connectivity index (χ0) is 24.1. The molecule has 2 rings (SSSR count). The number of nitrogens with two attached hydrogens (primary N) is 1. The molecule has 0 aliphatic carbocycles. The molecular weight excluding hydrogens is 445 g/mol. The second-order valence-corrected chi connectivity index (χ2v) is 9.75. The van der Waals surface area contributed by atoms with Crippen molar-refractivity contribution < 1.29 is 22.4 Å². The normalized spacial score (nSPS) is 12.3. The van der Waals surface area contributed by atoms with Crippen molar-refractivity contribution in [2.75, 3.05) is 12.8 Å². The van der Waals surface area contributed by atoms with Crippen LogP contribution in [0.5, 0.6) is 0 Å². The number of sulfonamides is 1. The fraction of sp³-hybridized carbons (Fsp3) is 0.417. The Bertz CT molecular complexity index is 996. The van der Waals surface area contributed by atoms with Gasteiger partial charge in [-0.15, -0.1) is 0 Å². The number of benzene rings is 1. The van der Waals surface area contributed by atoms with Gasteiger partial charge in [-0.1, -0.05) is 48.4 Å². The van der Waals surface area contributed by atoms with Gasteiger partial charge >= 0.3 is 0 Å². The van der Waals surface area contributed by atoms with Crippen LogP contribution < -0.4 is 5.73 Å². The van der Waals surface area contributed by atoms with E-state index in [1.54, 1.807) is 30.6 Å². The van der Waals surface area contributed by atoms with Crippen LogP contribution in [-0.4, -0.2) is 36.6 Å². The molecule has 7 nitrogen and oxygen atoms in total. The van der Waals surface area contributed by atoms with E-state index >= 15 is 0 Å². The van der Waals surface area contributed by atoms with Gasteiger partial charge in [0.15, 0.2) is 0 Å². The van der Waals surface area contributed by atoms with Crippen LogP contribution in [0.15, 0.2) is 54.4 Å². The molecule has 9 heteroatoms. The van der Waals surface area contributed by atoms with Gasteiger partial charge in [0.05, 0.1) is 12.9 Å². The average molecular weight is 478 g/mol. The lowest BCUT2D eigenvalue weighted by Gasteiger charge is -2.19. The summed E-state index contributed by atoms with van der Waals surface area (Å²) in [7, 11) is -3.51. The molecule has 0 fully saturated rings. The first-order chi connectivity index (χ1) is 15.8. The molecule has 0 radical (unpaired) electrons. The Balaban J connectivity index is 1.65. The fourth-order valence-corrected chi connectivity index (χ4v) is 3.95. The second kappa shape index (κ2) is 13.8. The molecule has 1 heterocycles. The number of nitrogens with zero attached hydrogens (tertiary/aromatic N) is 2. The largest absolute Gasteiger partial charge is 0.366 e. The van der Waals surface area contributed by atoms with E-state index in [-0.39, 0.29) is 19.0 Å². The quantitative estimate of drug-likeness (QED) is 0.235. The number of unbranched alkanes of at least 4 members (excludes halogenated alkanes) is 5. The molecule has 1 aromatic heterocycles. The lowest BCUT2D eigenvalue weighted by atomic mass is 10.0. The Morgan fingerprint density at radius 2 is 1.76 bits per heavy atom. The standard InChI is InChI=1S/C24H32FN3O4S/c1-33(30,31)28(32-19-20-11-13-23(25)14-12-20)16-7-5-3-2-4-6-10-22(24(26)29)17-21-9-8-15-27-18-21/h8-9,11-15,17-18H,2-7,10,16,19H2,1H3,(H2,26,29). The van der Waals surface area contributed by atoms with Gasteiger partial charge in [-0.05, 0) is 54.7 Å². The third kappa shape index (κ3) is 10.7. The maximum absolute atomic E-state index is 13.0. The molecule has 0 saturated heterocycles. The number of halogens is 1. The fourth-order valence-electron chi connectivity index (χ4n) is 3.25. The van der Waals surface area contributed by atoms with E-state index in [1.807, 2.05) is 12.1 Å². The average Bonchev–Trinajstić information content (AvgIpc) is 2.77. The van der Waals surface area contributed by atoms with Crippen molar-refractivity contribution in [2.24, 2.45) is 5.73 Å². The number of rotatable bonds is 15. The summed E-state index contributed by atoms with van der Waals surface area (Å²) in [5.41, 5.74) is 7.62. The summed E-state index contributed by atoms with van der Waals surface area (Å²) >= 11 is 0. The number of carbonyl (C=O) groups is 1. The SMILES string of the molecule is CS(=O)(=O)N(CCCCCCCCC(=Cc1cccnc1)C(N)=O)OCc1ccc(F)cc1. The molecule has 0 atom stereocenters. The Labute approximate surface area is 195 Å². The van der Waals surface area contributed by atoms with Gasteiger partial charge in [-0.3, -0.25) is 14.6 Å². The summed E-state index contributed by atoms with van der Waals surface area (Å²) in [5.74, 6) is -0.769. The lowest BCUT2D eigenvalue weighted by molar-refractivity contribution is -0.114. The molecular formula is C24H32FN3O4S. The van der Waals surface area contributed by atoms with E-state index in [9.17, 15) is 17.6 Å². The Hall–Kier alpha value is -2.62. The third-order valence-corrected chi connectivity index (χ3v) is 6.06. The molecule has 180 valence electrons. The zero-order valence-corrected chi connectivity index (χ0v) is 19.8. The second-order valence-electron chi connectivity index (χ2n) is 7.88. The Morgan fingerprint density at radius 1 is 1.09 bits per heavy atom. The van der Waals surface area contributed by atoms with Gasteiger partial charge in [0.2, 0.25) is 15.9 Å². The van der Waals surface area contributed by atoms with Crippen molar-refractivity contribution >= 4 is 22.0 Å². The van der Waals surface area contributed by atoms with Gasteiger partial charge in [0.1, 0.15) is 5.82 Å². The van der Waals surface area contributed by atoms with Gasteiger partial charge in [-0.25, -0.2) is 12.8 Å². The van der Waals surface area contributed by atoms with Crippen LogP contribution >= 0.6 is 0 Å². The van der Waals surface area contributed by atoms with Crippen molar-refractivity contribution in [3.05, 3.63) is 71.3 Å². The number of pyridine rings is 1. The molecule has 0 aliphatic rings. The minimum atomic E-state index is -3.51. The van der Waals surface area contributed by atoms with E-state index in [0.717, 1.165) is 48.4 Å². The van der Waals surface area contributed by atoms with Crippen molar-refractivity contribution in [1.82, 2.24) is 9.45 Å². The number of amides is 1. The number of hydrogen-bond donors (Lipinski definition) is 1. The summed E-state index contributed by atoms with van der Waals surface area (Å²) in [6.45, 7) is 0.321. The molecule has 0 saturated carbocycles. The third-order valence-electron chi connectivity index (χ3n) is 5.04. The van der Waals surface area contributed by atoms with Crippen LogP contribution in [-0.2, 0) is 26.3 Å². The highest BCUT2D eigenvalue weighted by molar-refractivity contribution is 7.88. The zero-order valence-electron chi connectivity index (χ0n) is 19.0. The van der Waals surface area contributed by atoms with Crippen molar-refractivity contribution in [3.63, 3.8) is 0 Å². The van der Waals surface area contributed by atoms with Crippen molar-refractivity contribution in [1.29, 1.82) is 0 Å². The van der Waals surface area contributed by atoms with E-state index in [4.69, 9.17) is 10.6 Å². The summed E-state index contributed by atoms with van der Waals surface area (Å²) in [4.78, 5) is 21.1. The molecule has 0 aliphatic heterocycles. The highest BCUT2D eigenvalue weighted by Crippen LogP contribution is 2.15. The number of carbonyl (C=O) groups excluding carboxylic acids is 1. The number of primary amides is 1. The summed E-state index contributed by atoms with van der Waals surface area (Å²) in [6, 6.07) is 9.42. The topological polar surface area (TPSA) is 103 Å². The van der Waals surface area contributed by atoms with Gasteiger partial charge in [-0.2, -0.15) is 0 Å². The monoisotopic (exact) mass is 477 g/mol. The Morgan fingerprint density at radius 3 is 2.36 bits per heavy atom. The summed E-state index contributed by atoms with van der Waals surface area (Å²) < 4.78 is 37.9. The molecule has 33 heavy (non-hydrogen) atoms.